The summed E-state index contributed by atoms with van der Waals surface area (Å²) < 4.78 is 6.84. The first-order valence-corrected chi connectivity index (χ1v) is 30.0. The predicted molar refractivity (Wildman–Crippen MR) is 343 cm³/mol. The van der Waals surface area contributed by atoms with Gasteiger partial charge in [-0.3, -0.25) is 0 Å². The molecule has 0 saturated carbocycles. The highest BCUT2D eigenvalue weighted by Gasteiger charge is 2.53. The predicted octanol–water partition coefficient (Wildman–Crippen LogP) is 20.5. The minimum Gasteiger partial charge on any atom is -0.457 e. The van der Waals surface area contributed by atoms with Gasteiger partial charge in [0, 0.05) is 38.0 Å². The van der Waals surface area contributed by atoms with Crippen molar-refractivity contribution in [2.24, 2.45) is 0 Å². The van der Waals surface area contributed by atoms with Crippen molar-refractivity contribution < 1.29 is 4.74 Å². The van der Waals surface area contributed by atoms with Crippen molar-refractivity contribution in [3.8, 4) is 56.0 Å². The van der Waals surface area contributed by atoms with Gasteiger partial charge in [-0.25, -0.2) is 0 Å². The molecule has 2 nitrogen and oxygen atoms in total. The van der Waals surface area contributed by atoms with Gasteiger partial charge < -0.3 is 9.64 Å². The second-order valence-electron chi connectivity index (χ2n) is 22.9. The van der Waals surface area contributed by atoms with Crippen molar-refractivity contribution in [3.05, 3.63) is 376 Å². The summed E-state index contributed by atoms with van der Waals surface area (Å²) in [6.07, 6.45) is 0. The van der Waals surface area contributed by atoms with Crippen LogP contribution in [0.5, 0.6) is 11.5 Å². The average molecular weight is 1090 g/mol. The highest BCUT2D eigenvalue weighted by atomic mass is 32.2. The molecule has 0 amide bonds. The molecule has 2 heterocycles. The molecule has 0 N–H and O–H groups in total. The molecule has 0 unspecified atom stereocenters. The normalized spacial score (nSPS) is 14.8. The van der Waals surface area contributed by atoms with Crippen molar-refractivity contribution in [3.63, 3.8) is 0 Å². The van der Waals surface area contributed by atoms with Gasteiger partial charge in [-0.15, -0.1) is 0 Å². The summed E-state index contributed by atoms with van der Waals surface area (Å²) in [5.41, 5.74) is 26.5. The third-order valence-electron chi connectivity index (χ3n) is 19.1. The molecule has 0 aromatic heterocycles. The number of nitrogens with zero attached hydrogens (tertiary/aromatic N) is 1. The van der Waals surface area contributed by atoms with Crippen LogP contribution >= 0.6 is 11.8 Å². The molecule has 5 aliphatic rings. The summed E-state index contributed by atoms with van der Waals surface area (Å²) in [6, 6.07) is 116. The Balaban J connectivity index is 0.891. The van der Waals surface area contributed by atoms with Crippen LogP contribution in [0.3, 0.4) is 0 Å². The van der Waals surface area contributed by atoms with E-state index in [1.807, 2.05) is 11.8 Å². The Bertz CT molecular complexity index is 4560. The van der Waals surface area contributed by atoms with Crippen molar-refractivity contribution >= 4 is 28.8 Å². The average Bonchev–Trinajstić information content (AvgIpc) is 1.86. The Morgan fingerprint density at radius 2 is 0.607 bits per heavy atom. The molecule has 392 valence electrons. The van der Waals surface area contributed by atoms with E-state index in [-0.39, 0.29) is 0 Å². The van der Waals surface area contributed by atoms with Crippen molar-refractivity contribution in [1.82, 2.24) is 0 Å². The lowest BCUT2D eigenvalue weighted by Gasteiger charge is -2.40. The van der Waals surface area contributed by atoms with Gasteiger partial charge in [0.05, 0.1) is 16.2 Å². The fourth-order valence-electron chi connectivity index (χ4n) is 15.9. The van der Waals surface area contributed by atoms with Gasteiger partial charge in [0.1, 0.15) is 11.5 Å². The van der Waals surface area contributed by atoms with E-state index in [0.29, 0.717) is 0 Å². The number of anilines is 3. The second kappa shape index (κ2) is 17.9. The third-order valence-corrected chi connectivity index (χ3v) is 20.2. The van der Waals surface area contributed by atoms with Gasteiger partial charge in [0.15, 0.2) is 0 Å². The molecule has 0 fully saturated rings. The van der Waals surface area contributed by atoms with E-state index < -0.39 is 16.2 Å². The Hall–Kier alpha value is -10.2. The Morgan fingerprint density at radius 3 is 1.13 bits per heavy atom. The number of para-hydroxylation sites is 2. The number of hydrogen-bond acceptors (Lipinski definition) is 3. The van der Waals surface area contributed by atoms with Crippen LogP contribution in [0.15, 0.2) is 319 Å². The van der Waals surface area contributed by atoms with Crippen LogP contribution in [0.2, 0.25) is 0 Å². The Kier molecular flexibility index (Phi) is 10.1. The van der Waals surface area contributed by atoms with Gasteiger partial charge in [-0.2, -0.15) is 0 Å². The molecule has 0 radical (unpaired) electrons. The van der Waals surface area contributed by atoms with Crippen LogP contribution in [0, 0.1) is 0 Å². The van der Waals surface area contributed by atoms with Crippen molar-refractivity contribution in [2.75, 3.05) is 4.90 Å². The summed E-state index contributed by atoms with van der Waals surface area (Å²) in [5, 5.41) is 0. The summed E-state index contributed by atoms with van der Waals surface area (Å²) in [5.74, 6) is 1.76. The molecule has 13 aromatic carbocycles. The highest BCUT2D eigenvalue weighted by molar-refractivity contribution is 7.99. The van der Waals surface area contributed by atoms with E-state index in [1.165, 1.54) is 98.8 Å². The molecule has 2 spiro atoms. The first-order valence-electron chi connectivity index (χ1n) is 29.1. The number of fused-ring (bicyclic) bond motifs is 21. The molecule has 3 heteroatoms. The number of rotatable bonds is 6. The van der Waals surface area contributed by atoms with E-state index >= 15 is 0 Å². The SMILES string of the molecule is c1ccc(C2(c3ccccc3)c3ccccc3-c3ccc(-c4cccc(N(c5ccc6c(c5)C5(c7ccccc7Oc7ccccc75)c5ccccc5-6)c5ccc6c(c5)C5(c7ccccc7Sc7ccccc75)c5ccccc5-6)c4)cc32)cc1. The maximum Gasteiger partial charge on any atom is 0.132 e. The maximum absolute atomic E-state index is 6.84. The van der Waals surface area contributed by atoms with Gasteiger partial charge in [-0.1, -0.05) is 254 Å². The zero-order valence-corrected chi connectivity index (χ0v) is 46.5. The van der Waals surface area contributed by atoms with Crippen LogP contribution in [0.4, 0.5) is 17.1 Å². The van der Waals surface area contributed by atoms with Crippen molar-refractivity contribution in [1.29, 1.82) is 0 Å². The fraction of sp³-hybridized carbons (Fsp3) is 0.0370. The second-order valence-corrected chi connectivity index (χ2v) is 24.0. The molecule has 84 heavy (non-hydrogen) atoms. The molecule has 3 aliphatic carbocycles. The van der Waals surface area contributed by atoms with Crippen molar-refractivity contribution in [2.45, 2.75) is 26.0 Å². The maximum atomic E-state index is 6.84. The van der Waals surface area contributed by atoms with E-state index in [4.69, 9.17) is 4.74 Å². The topological polar surface area (TPSA) is 12.5 Å². The first kappa shape index (κ1) is 47.4. The molecule has 0 bridgehead atoms. The number of benzene rings is 13. The molecular formula is C81H51NOS. The number of hydrogen-bond donors (Lipinski definition) is 0. The largest absolute Gasteiger partial charge is 0.457 e. The van der Waals surface area contributed by atoms with Gasteiger partial charge in [0.2, 0.25) is 0 Å². The van der Waals surface area contributed by atoms with Gasteiger partial charge in [-0.05, 0) is 167 Å². The smallest absolute Gasteiger partial charge is 0.132 e. The van der Waals surface area contributed by atoms with Crippen LogP contribution in [-0.4, -0.2) is 0 Å². The summed E-state index contributed by atoms with van der Waals surface area (Å²) >= 11 is 1.89. The number of ether oxygens (including phenoxy) is 1. The van der Waals surface area contributed by atoms with Crippen LogP contribution < -0.4 is 9.64 Å². The van der Waals surface area contributed by atoms with E-state index in [2.05, 4.69) is 314 Å². The van der Waals surface area contributed by atoms with E-state index in [0.717, 1.165) is 50.8 Å². The van der Waals surface area contributed by atoms with Gasteiger partial charge >= 0.3 is 0 Å². The molecular weight excluding hydrogens is 1030 g/mol. The standard InChI is InChI=1S/C81H51NOS/c1-3-23-54(24-4-1)79(55-25-5-2-6-26-55)65-31-10-7-28-59(65)62-45-42-53(49-72(62)79)52-22-21-27-56(48-52)82(57-43-46-63-60-29-8-11-32-66(60)80(73(63)50-57)68-34-13-17-38-75(68)83-76-39-18-14-35-69(76)80)58-44-47-64-61-30-9-12-33-67(61)81(74(64)51-58)70-36-15-19-40-77(70)84-78-41-20-16-37-71(78)81/h1-51H. The Morgan fingerprint density at radius 1 is 0.238 bits per heavy atom. The van der Waals surface area contributed by atoms with Crippen LogP contribution in [0.1, 0.15) is 66.8 Å². The molecule has 0 atom stereocenters. The minimum atomic E-state index is -0.649. The molecule has 0 saturated heterocycles. The molecule has 2 aliphatic heterocycles. The fourth-order valence-corrected chi connectivity index (χ4v) is 17.1. The minimum absolute atomic E-state index is 0.528. The summed E-state index contributed by atoms with van der Waals surface area (Å²) in [7, 11) is 0. The van der Waals surface area contributed by atoms with Gasteiger partial charge in [0.25, 0.3) is 0 Å². The van der Waals surface area contributed by atoms with E-state index in [9.17, 15) is 0 Å². The summed E-state index contributed by atoms with van der Waals surface area (Å²) in [6.45, 7) is 0. The Labute approximate surface area is 493 Å². The zero-order chi connectivity index (χ0) is 55.1. The lowest BCUT2D eigenvalue weighted by Crippen LogP contribution is -2.32. The summed E-state index contributed by atoms with van der Waals surface area (Å²) in [4.78, 5) is 5.11. The monoisotopic (exact) mass is 1090 g/mol. The lowest BCUT2D eigenvalue weighted by atomic mass is 9.66. The van der Waals surface area contributed by atoms with E-state index in [1.54, 1.807) is 0 Å². The first-order chi connectivity index (χ1) is 41.6. The molecule has 18 rings (SSSR count). The quantitative estimate of drug-likeness (QED) is 0.165. The van der Waals surface area contributed by atoms with Crippen LogP contribution in [0.25, 0.3) is 44.5 Å². The highest BCUT2D eigenvalue weighted by Crippen LogP contribution is 2.65. The lowest BCUT2D eigenvalue weighted by molar-refractivity contribution is 0.436. The van der Waals surface area contributed by atoms with Crippen LogP contribution in [-0.2, 0) is 16.2 Å². The molecule has 13 aromatic rings. The third kappa shape index (κ3) is 6.26. The zero-order valence-electron chi connectivity index (χ0n) is 45.7.